The molecule has 0 unspecified atom stereocenters. The first-order valence-electron chi connectivity index (χ1n) is 17.7. The summed E-state index contributed by atoms with van der Waals surface area (Å²) in [4.78, 5) is 97.9. The van der Waals surface area contributed by atoms with Gasteiger partial charge in [0.05, 0.1) is 0 Å². The Morgan fingerprint density at radius 3 is 2.28 bits per heavy atom. The molecule has 0 aromatic heterocycles. The fraction of sp³-hybridized carbons (Fsp3) is 0.583. The van der Waals surface area contributed by atoms with Gasteiger partial charge in [0.15, 0.2) is 5.83 Å². The maximum Gasteiger partial charge on any atom is 0.328 e. The number of rotatable bonds is 7. The predicted molar refractivity (Wildman–Crippen MR) is 183 cm³/mol. The van der Waals surface area contributed by atoms with Crippen molar-refractivity contribution >= 4 is 41.4 Å². The minimum atomic E-state index is -1.66. The highest BCUT2D eigenvalue weighted by Crippen LogP contribution is 2.24. The third kappa shape index (κ3) is 10.3. The molecule has 1 aromatic rings. The zero-order chi connectivity index (χ0) is 39.1. The Kier molecular flexibility index (Phi) is 13.6. The molecule has 14 nitrogen and oxygen atoms in total. The summed E-state index contributed by atoms with van der Waals surface area (Å²) in [7, 11) is 1.43. The highest BCUT2D eigenvalue weighted by molar-refractivity contribution is 5.97. The Morgan fingerprint density at radius 2 is 1.62 bits per heavy atom. The van der Waals surface area contributed by atoms with E-state index in [9.17, 15) is 46.7 Å². The fourth-order valence-electron chi connectivity index (χ4n) is 6.67. The molecule has 3 saturated heterocycles. The normalized spacial score (nSPS) is 25.8. The Labute approximate surface area is 305 Å². The van der Waals surface area contributed by atoms with Gasteiger partial charge in [0.25, 0.3) is 5.91 Å². The first-order chi connectivity index (χ1) is 25.0. The predicted octanol–water partition coefficient (Wildman–Crippen LogP) is 1.27. The van der Waals surface area contributed by atoms with Crippen molar-refractivity contribution < 1.29 is 51.5 Å². The van der Waals surface area contributed by atoms with Gasteiger partial charge in [0, 0.05) is 45.1 Å². The largest absolute Gasteiger partial charge is 0.461 e. The van der Waals surface area contributed by atoms with Gasteiger partial charge in [0.1, 0.15) is 48.5 Å². The van der Waals surface area contributed by atoms with Crippen LogP contribution >= 0.6 is 0 Å². The number of fused-ring (bicyclic) bond motifs is 2. The van der Waals surface area contributed by atoms with Crippen molar-refractivity contribution in [2.45, 2.75) is 102 Å². The van der Waals surface area contributed by atoms with Crippen molar-refractivity contribution in [1.29, 1.82) is 0 Å². The van der Waals surface area contributed by atoms with Crippen LogP contribution in [0.25, 0.3) is 0 Å². The topological polar surface area (TPSA) is 175 Å². The molecule has 0 bridgehead atoms. The number of carbonyl (C=O) groups excluding carboxylic acids is 7. The second kappa shape index (κ2) is 17.7. The van der Waals surface area contributed by atoms with Gasteiger partial charge in [-0.25, -0.2) is 18.0 Å². The van der Waals surface area contributed by atoms with Gasteiger partial charge in [-0.05, 0) is 69.2 Å². The van der Waals surface area contributed by atoms with E-state index in [4.69, 9.17) is 4.74 Å². The summed E-state index contributed by atoms with van der Waals surface area (Å²) in [6, 6.07) is -4.54. The van der Waals surface area contributed by atoms with E-state index in [1.54, 1.807) is 13.8 Å². The summed E-state index contributed by atoms with van der Waals surface area (Å²) in [6.07, 6.45) is 1.87. The molecule has 1 aromatic carbocycles. The van der Waals surface area contributed by atoms with Crippen molar-refractivity contribution in [2.24, 2.45) is 5.92 Å². The van der Waals surface area contributed by atoms with Crippen LogP contribution in [0.1, 0.15) is 65.4 Å². The van der Waals surface area contributed by atoms with Crippen molar-refractivity contribution in [2.75, 3.05) is 26.7 Å². The van der Waals surface area contributed by atoms with Crippen LogP contribution in [0, 0.1) is 17.6 Å². The van der Waals surface area contributed by atoms with Crippen LogP contribution in [0.15, 0.2) is 30.1 Å². The van der Waals surface area contributed by atoms with Gasteiger partial charge in [-0.2, -0.15) is 0 Å². The van der Waals surface area contributed by atoms with E-state index >= 15 is 0 Å². The third-order valence-corrected chi connectivity index (χ3v) is 9.65. The number of halogens is 3. The zero-order valence-corrected chi connectivity index (χ0v) is 30.5. The first kappa shape index (κ1) is 40.8. The first-order valence-corrected chi connectivity index (χ1v) is 17.7. The molecule has 0 aliphatic carbocycles. The molecule has 3 fully saturated rings. The lowest BCUT2D eigenvalue weighted by atomic mass is 10.0. The van der Waals surface area contributed by atoms with E-state index in [1.165, 1.54) is 35.6 Å². The van der Waals surface area contributed by atoms with Crippen LogP contribution in [-0.2, 0) is 44.7 Å². The van der Waals surface area contributed by atoms with Crippen LogP contribution in [0.2, 0.25) is 0 Å². The number of nitrogens with one attached hydrogen (secondary N) is 3. The molecule has 3 aliphatic rings. The van der Waals surface area contributed by atoms with Crippen LogP contribution in [-0.4, -0.2) is 119 Å². The number of esters is 1. The summed E-state index contributed by atoms with van der Waals surface area (Å²) in [5.41, 5.74) is -0.0625. The average Bonchev–Trinajstić information content (AvgIpc) is 3.77. The number of likely N-dealkylation sites (N-methyl/N-ethyl adjacent to an activating group) is 1. The van der Waals surface area contributed by atoms with Crippen LogP contribution < -0.4 is 16.0 Å². The summed E-state index contributed by atoms with van der Waals surface area (Å²) in [5, 5.41) is 7.32. The Hall–Kier alpha value is -4.96. The van der Waals surface area contributed by atoms with Crippen molar-refractivity contribution in [3.05, 3.63) is 47.3 Å². The van der Waals surface area contributed by atoms with E-state index in [-0.39, 0.29) is 37.4 Å². The standard InChI is InChI=1S/C36H47F3N6O8/c1-19(2)12-26(39)32(48)41-27(15-22-13-23(37)16-24(38)14-22)33(49)42-28-18-53-36(52)29-9-7-11-45(29)34(50)20(3)40-31(47)21(4)43(5)30(46)17-25-8-6-10-44(25)35(28)51/h12-14,16,19-21,25,27-29H,6-11,15,17-18H2,1-5H3,(H,40,47)(H,41,48)(H,42,49)/b26-12-/t20-,21-,25-,27-,28-,29-/m0/s1. The Bertz CT molecular complexity index is 1620. The summed E-state index contributed by atoms with van der Waals surface area (Å²) in [5.74, 6) is -9.07. The van der Waals surface area contributed by atoms with Crippen molar-refractivity contribution in [1.82, 2.24) is 30.7 Å². The number of nitrogens with zero attached hydrogens (tertiary/aromatic N) is 3. The summed E-state index contributed by atoms with van der Waals surface area (Å²) < 4.78 is 48.5. The maximum atomic E-state index is 14.7. The molecule has 3 heterocycles. The molecular weight excluding hydrogens is 701 g/mol. The number of allylic oxidation sites excluding steroid dienone is 1. The average molecular weight is 749 g/mol. The smallest absolute Gasteiger partial charge is 0.328 e. The van der Waals surface area contributed by atoms with E-state index in [0.717, 1.165) is 18.2 Å². The molecule has 4 rings (SSSR count). The maximum absolute atomic E-state index is 14.7. The highest BCUT2D eigenvalue weighted by atomic mass is 19.1. The number of carbonyl (C=O) groups is 7. The highest BCUT2D eigenvalue weighted by Gasteiger charge is 2.41. The quantitative estimate of drug-likeness (QED) is 0.276. The molecule has 0 spiro atoms. The Morgan fingerprint density at radius 1 is 0.981 bits per heavy atom. The van der Waals surface area contributed by atoms with Gasteiger partial charge in [0.2, 0.25) is 29.5 Å². The second-order valence-corrected chi connectivity index (χ2v) is 14.1. The number of ether oxygens (including phenoxy) is 1. The fourth-order valence-corrected chi connectivity index (χ4v) is 6.67. The van der Waals surface area contributed by atoms with Gasteiger partial charge in [-0.1, -0.05) is 13.8 Å². The summed E-state index contributed by atoms with van der Waals surface area (Å²) >= 11 is 0. The lowest BCUT2D eigenvalue weighted by molar-refractivity contribution is -0.156. The van der Waals surface area contributed by atoms with E-state index < -0.39 is 108 Å². The molecular formula is C36H47F3N6O8. The minimum Gasteiger partial charge on any atom is -0.461 e. The lowest BCUT2D eigenvalue weighted by Crippen LogP contribution is -2.57. The molecule has 53 heavy (non-hydrogen) atoms. The SMILES string of the molecule is CC(C)/C=C(\F)C(=O)N[C@@H](Cc1cc(F)cc(F)c1)C(=O)N[C@H]1COC(=O)[C@@H]2CCCN2C(=O)[C@H](C)NC(=O)[C@H](C)N(C)C(=O)C[C@@H]2CCCN2C1=O. The molecule has 3 aliphatic heterocycles. The van der Waals surface area contributed by atoms with Crippen molar-refractivity contribution in [3.8, 4) is 0 Å². The van der Waals surface area contributed by atoms with Crippen LogP contribution in [0.4, 0.5) is 13.2 Å². The zero-order valence-electron chi connectivity index (χ0n) is 30.5. The monoisotopic (exact) mass is 748 g/mol. The van der Waals surface area contributed by atoms with E-state index in [1.807, 2.05) is 0 Å². The Balaban J connectivity index is 1.68. The molecule has 0 saturated carbocycles. The minimum absolute atomic E-state index is 0.0625. The molecule has 6 amide bonds. The number of amides is 6. The van der Waals surface area contributed by atoms with E-state index in [2.05, 4.69) is 16.0 Å². The molecule has 6 atom stereocenters. The molecule has 3 N–H and O–H groups in total. The molecule has 17 heteroatoms. The van der Waals surface area contributed by atoms with E-state index in [0.29, 0.717) is 25.3 Å². The molecule has 290 valence electrons. The number of benzene rings is 1. The summed E-state index contributed by atoms with van der Waals surface area (Å²) in [6.45, 7) is 5.83. The van der Waals surface area contributed by atoms with Crippen molar-refractivity contribution in [3.63, 3.8) is 0 Å². The number of cyclic esters (lactones) is 1. The van der Waals surface area contributed by atoms with Gasteiger partial charge in [-0.3, -0.25) is 28.8 Å². The van der Waals surface area contributed by atoms with Gasteiger partial charge < -0.3 is 35.4 Å². The third-order valence-electron chi connectivity index (χ3n) is 9.65. The number of hydrogen-bond acceptors (Lipinski definition) is 8. The van der Waals surface area contributed by atoms with Crippen LogP contribution in [0.5, 0.6) is 0 Å². The van der Waals surface area contributed by atoms with Gasteiger partial charge in [-0.15, -0.1) is 0 Å². The molecule has 0 radical (unpaired) electrons. The lowest BCUT2D eigenvalue weighted by Gasteiger charge is -2.31. The second-order valence-electron chi connectivity index (χ2n) is 14.1. The van der Waals surface area contributed by atoms with Crippen LogP contribution in [0.3, 0.4) is 0 Å². The number of hydrogen-bond donors (Lipinski definition) is 3. The van der Waals surface area contributed by atoms with Gasteiger partial charge >= 0.3 is 5.97 Å².